The summed E-state index contributed by atoms with van der Waals surface area (Å²) < 4.78 is 22.6. The normalized spacial score (nSPS) is 52.4. The van der Waals surface area contributed by atoms with Crippen molar-refractivity contribution >= 4 is 7.85 Å². The van der Waals surface area contributed by atoms with Crippen LogP contribution in [0.2, 0.25) is 0 Å². The van der Waals surface area contributed by atoms with Crippen LogP contribution in [0.4, 0.5) is 0 Å². The molecule has 0 saturated carbocycles. The third kappa shape index (κ3) is 1.10. The molecule has 4 nitrogen and oxygen atoms in total. The summed E-state index contributed by atoms with van der Waals surface area (Å²) in [5.41, 5.74) is -0.186. The van der Waals surface area contributed by atoms with Crippen LogP contribution in [0.5, 0.6) is 0 Å². The van der Waals surface area contributed by atoms with Gasteiger partial charge in [-0.2, -0.15) is 0 Å². The fourth-order valence-corrected chi connectivity index (χ4v) is 2.88. The molecule has 3 aliphatic heterocycles. The summed E-state index contributed by atoms with van der Waals surface area (Å²) >= 11 is 0. The van der Waals surface area contributed by atoms with E-state index in [-0.39, 0.29) is 23.8 Å². The van der Waals surface area contributed by atoms with Crippen molar-refractivity contribution in [1.82, 2.24) is 0 Å². The Hall–Kier alpha value is -0.0951. The van der Waals surface area contributed by atoms with Gasteiger partial charge in [-0.05, 0) is 12.8 Å². The van der Waals surface area contributed by atoms with E-state index in [0.717, 1.165) is 19.4 Å². The minimum Gasteiger partial charge on any atom is -0.376 e. The highest BCUT2D eigenvalue weighted by Gasteiger charge is 2.58. The molecule has 0 radical (unpaired) electrons. The Labute approximate surface area is 84.2 Å². The van der Waals surface area contributed by atoms with Crippen LogP contribution in [0, 0.1) is 0 Å². The highest BCUT2D eigenvalue weighted by Crippen LogP contribution is 2.43. The lowest BCUT2D eigenvalue weighted by atomic mass is 9.78. The first kappa shape index (κ1) is 9.15. The molecule has 0 amide bonds. The van der Waals surface area contributed by atoms with Crippen LogP contribution in [0.3, 0.4) is 0 Å². The zero-order valence-electron chi connectivity index (χ0n) is 8.40. The summed E-state index contributed by atoms with van der Waals surface area (Å²) in [6.07, 6.45) is 2.31. The van der Waals surface area contributed by atoms with Gasteiger partial charge in [-0.3, -0.25) is 0 Å². The lowest BCUT2D eigenvalue weighted by Gasteiger charge is -2.35. The molecule has 5 heteroatoms. The van der Waals surface area contributed by atoms with E-state index in [4.69, 9.17) is 18.9 Å². The summed E-state index contributed by atoms with van der Waals surface area (Å²) in [6.45, 7) is 1.85. The summed E-state index contributed by atoms with van der Waals surface area (Å²) in [5, 5.41) is 0. The number of fused-ring (bicyclic) bond motifs is 2. The SMILES string of the molecule is BC1OC2COCO[C@H]2[C@]12CCCO2. The van der Waals surface area contributed by atoms with Gasteiger partial charge in [0, 0.05) is 6.61 Å². The molecule has 3 saturated heterocycles. The minimum absolute atomic E-state index is 0.0665. The summed E-state index contributed by atoms with van der Waals surface area (Å²) in [6, 6.07) is 0.127. The van der Waals surface area contributed by atoms with Crippen LogP contribution < -0.4 is 0 Å². The van der Waals surface area contributed by atoms with E-state index < -0.39 is 0 Å². The molecular formula is C9H15BO4. The maximum absolute atomic E-state index is 5.88. The van der Waals surface area contributed by atoms with E-state index in [1.54, 1.807) is 0 Å². The van der Waals surface area contributed by atoms with Crippen molar-refractivity contribution in [3.05, 3.63) is 0 Å². The second kappa shape index (κ2) is 3.20. The maximum atomic E-state index is 5.88. The fourth-order valence-electron chi connectivity index (χ4n) is 2.88. The Morgan fingerprint density at radius 1 is 1.36 bits per heavy atom. The van der Waals surface area contributed by atoms with Gasteiger partial charge >= 0.3 is 0 Å². The molecule has 0 aromatic carbocycles. The summed E-state index contributed by atoms with van der Waals surface area (Å²) in [5.74, 6) is 0. The zero-order valence-corrected chi connectivity index (χ0v) is 8.40. The van der Waals surface area contributed by atoms with Gasteiger partial charge in [0.1, 0.15) is 32.4 Å². The quantitative estimate of drug-likeness (QED) is 0.480. The second-order valence-corrected chi connectivity index (χ2v) is 4.30. The van der Waals surface area contributed by atoms with Gasteiger partial charge in [-0.15, -0.1) is 0 Å². The zero-order chi connectivity index (χ0) is 9.60. The van der Waals surface area contributed by atoms with Crippen LogP contribution in [-0.4, -0.2) is 51.7 Å². The first-order valence-electron chi connectivity index (χ1n) is 5.32. The van der Waals surface area contributed by atoms with Crippen molar-refractivity contribution in [2.75, 3.05) is 20.0 Å². The van der Waals surface area contributed by atoms with Gasteiger partial charge in [0.05, 0.1) is 12.6 Å². The summed E-state index contributed by atoms with van der Waals surface area (Å²) in [4.78, 5) is 0. The Kier molecular flexibility index (Phi) is 2.09. The molecule has 14 heavy (non-hydrogen) atoms. The molecule has 3 aliphatic rings. The van der Waals surface area contributed by atoms with Crippen LogP contribution in [0.1, 0.15) is 12.8 Å². The molecule has 3 heterocycles. The minimum atomic E-state index is -0.186. The predicted octanol–water partition coefficient (Wildman–Crippen LogP) is -0.734. The molecule has 4 atom stereocenters. The van der Waals surface area contributed by atoms with E-state index in [0.29, 0.717) is 13.4 Å². The average Bonchev–Trinajstić information content (AvgIpc) is 2.77. The molecule has 0 bridgehead atoms. The van der Waals surface area contributed by atoms with Crippen molar-refractivity contribution in [2.24, 2.45) is 0 Å². The average molecular weight is 198 g/mol. The van der Waals surface area contributed by atoms with Crippen molar-refractivity contribution in [3.63, 3.8) is 0 Å². The first-order chi connectivity index (χ1) is 6.83. The van der Waals surface area contributed by atoms with E-state index in [1.807, 2.05) is 0 Å². The molecule has 3 fully saturated rings. The molecule has 0 N–H and O–H groups in total. The van der Waals surface area contributed by atoms with E-state index in [9.17, 15) is 0 Å². The van der Waals surface area contributed by atoms with Crippen LogP contribution in [0.25, 0.3) is 0 Å². The van der Waals surface area contributed by atoms with Gasteiger partial charge in [0.2, 0.25) is 0 Å². The number of hydrogen-bond acceptors (Lipinski definition) is 4. The molecule has 2 unspecified atom stereocenters. The number of ether oxygens (including phenoxy) is 4. The Morgan fingerprint density at radius 3 is 3.07 bits per heavy atom. The Bertz CT molecular complexity index is 229. The van der Waals surface area contributed by atoms with E-state index >= 15 is 0 Å². The van der Waals surface area contributed by atoms with Crippen LogP contribution in [0.15, 0.2) is 0 Å². The molecule has 1 spiro atoms. The van der Waals surface area contributed by atoms with Crippen molar-refractivity contribution in [1.29, 1.82) is 0 Å². The first-order valence-corrected chi connectivity index (χ1v) is 5.32. The predicted molar refractivity (Wildman–Crippen MR) is 50.8 cm³/mol. The van der Waals surface area contributed by atoms with E-state index in [2.05, 4.69) is 7.85 Å². The lowest BCUT2D eigenvalue weighted by Crippen LogP contribution is -2.51. The van der Waals surface area contributed by atoms with Gasteiger partial charge in [-0.25, -0.2) is 0 Å². The topological polar surface area (TPSA) is 36.9 Å². The smallest absolute Gasteiger partial charge is 0.147 e. The van der Waals surface area contributed by atoms with Crippen molar-refractivity contribution in [2.45, 2.75) is 36.7 Å². The monoisotopic (exact) mass is 198 g/mol. The maximum Gasteiger partial charge on any atom is 0.147 e. The Morgan fingerprint density at radius 2 is 2.29 bits per heavy atom. The number of rotatable bonds is 0. The Balaban J connectivity index is 1.88. The second-order valence-electron chi connectivity index (χ2n) is 4.30. The molecule has 0 aliphatic carbocycles. The lowest BCUT2D eigenvalue weighted by molar-refractivity contribution is -0.204. The van der Waals surface area contributed by atoms with Gasteiger partial charge in [-0.1, -0.05) is 0 Å². The number of hydrogen-bond donors (Lipinski definition) is 0. The largest absolute Gasteiger partial charge is 0.376 e. The third-order valence-corrected chi connectivity index (χ3v) is 3.58. The van der Waals surface area contributed by atoms with Gasteiger partial charge < -0.3 is 18.9 Å². The third-order valence-electron chi connectivity index (χ3n) is 3.58. The van der Waals surface area contributed by atoms with E-state index in [1.165, 1.54) is 0 Å². The van der Waals surface area contributed by atoms with Crippen molar-refractivity contribution < 1.29 is 18.9 Å². The standard InChI is InChI=1S/C9H15BO4/c10-8-9(2-1-3-13-9)7-6(14-8)4-11-5-12-7/h6-8H,1-5,10H2/t6?,7-,8?,9-/m1/s1. The van der Waals surface area contributed by atoms with Gasteiger partial charge in [0.15, 0.2) is 0 Å². The van der Waals surface area contributed by atoms with Crippen molar-refractivity contribution in [3.8, 4) is 0 Å². The molecule has 78 valence electrons. The van der Waals surface area contributed by atoms with Crippen LogP contribution >= 0.6 is 0 Å². The summed E-state index contributed by atoms with van der Waals surface area (Å²) in [7, 11) is 2.08. The molecule has 0 aromatic rings. The molecule has 3 rings (SSSR count). The van der Waals surface area contributed by atoms with Gasteiger partial charge in [0.25, 0.3) is 0 Å². The molecular weight excluding hydrogens is 183 g/mol. The highest BCUT2D eigenvalue weighted by atomic mass is 16.7. The molecule has 0 aromatic heterocycles. The van der Waals surface area contributed by atoms with Crippen LogP contribution in [-0.2, 0) is 18.9 Å². The fraction of sp³-hybridized carbons (Fsp3) is 1.00. The highest BCUT2D eigenvalue weighted by molar-refractivity contribution is 6.12.